The van der Waals surface area contributed by atoms with Gasteiger partial charge < -0.3 is 9.88 Å². The second-order valence-electron chi connectivity index (χ2n) is 5.36. The Labute approximate surface area is 128 Å². The summed E-state index contributed by atoms with van der Waals surface area (Å²) in [5, 5.41) is 3.29. The molecule has 5 nitrogen and oxygen atoms in total. The third-order valence-electron chi connectivity index (χ3n) is 3.15. The lowest BCUT2D eigenvalue weighted by Crippen LogP contribution is -2.32. The SMILES string of the molecule is C#CCN(CCC)S(=O)(=O)c1cc(CNC(C)C)n(C)c1. The van der Waals surface area contributed by atoms with Gasteiger partial charge in [-0.3, -0.25) is 0 Å². The fraction of sp³-hybridized carbons (Fsp3) is 0.600. The van der Waals surface area contributed by atoms with Gasteiger partial charge >= 0.3 is 0 Å². The minimum absolute atomic E-state index is 0.102. The van der Waals surface area contributed by atoms with E-state index in [1.807, 2.05) is 18.5 Å². The molecule has 0 saturated heterocycles. The number of terminal acetylenes is 1. The predicted molar refractivity (Wildman–Crippen MR) is 85.3 cm³/mol. The van der Waals surface area contributed by atoms with Crippen LogP contribution >= 0.6 is 0 Å². The Balaban J connectivity index is 3.03. The molecule has 21 heavy (non-hydrogen) atoms. The van der Waals surface area contributed by atoms with Crippen molar-refractivity contribution >= 4 is 10.0 Å². The quantitative estimate of drug-likeness (QED) is 0.741. The van der Waals surface area contributed by atoms with Crippen LogP contribution in [-0.2, 0) is 23.6 Å². The molecular weight excluding hydrogens is 286 g/mol. The Hall–Kier alpha value is -1.29. The summed E-state index contributed by atoms with van der Waals surface area (Å²) in [7, 11) is -1.67. The Kier molecular flexibility index (Phi) is 6.46. The normalized spacial score (nSPS) is 12.0. The minimum Gasteiger partial charge on any atom is -0.352 e. The summed E-state index contributed by atoms with van der Waals surface area (Å²) in [6, 6.07) is 2.06. The van der Waals surface area contributed by atoms with Crippen LogP contribution in [0.5, 0.6) is 0 Å². The zero-order chi connectivity index (χ0) is 16.0. The van der Waals surface area contributed by atoms with Crippen molar-refractivity contribution in [2.75, 3.05) is 13.1 Å². The molecule has 0 amide bonds. The van der Waals surface area contributed by atoms with Crippen LogP contribution in [0.2, 0.25) is 0 Å². The largest absolute Gasteiger partial charge is 0.352 e. The van der Waals surface area contributed by atoms with E-state index in [1.165, 1.54) is 4.31 Å². The van der Waals surface area contributed by atoms with Crippen molar-refractivity contribution in [1.29, 1.82) is 0 Å². The molecule has 0 unspecified atom stereocenters. The molecule has 1 heterocycles. The lowest BCUT2D eigenvalue weighted by atomic mass is 10.3. The van der Waals surface area contributed by atoms with E-state index in [9.17, 15) is 8.42 Å². The third-order valence-corrected chi connectivity index (χ3v) is 4.96. The maximum atomic E-state index is 12.6. The summed E-state index contributed by atoms with van der Waals surface area (Å²) >= 11 is 0. The van der Waals surface area contributed by atoms with Crippen LogP contribution in [0.25, 0.3) is 0 Å². The first-order chi connectivity index (χ1) is 9.82. The second kappa shape index (κ2) is 7.64. The van der Waals surface area contributed by atoms with E-state index in [-0.39, 0.29) is 6.54 Å². The summed E-state index contributed by atoms with van der Waals surface area (Å²) in [5.41, 5.74) is 0.930. The first kappa shape index (κ1) is 17.8. The number of rotatable bonds is 8. The standard InChI is InChI=1S/C15H25N3O2S/c1-6-8-18(9-7-2)21(19,20)15-10-14(17(5)12-15)11-16-13(3)4/h1,10,12-13,16H,7-9,11H2,2-5H3. The smallest absolute Gasteiger partial charge is 0.245 e. The average Bonchev–Trinajstić information content (AvgIpc) is 2.78. The van der Waals surface area contributed by atoms with Crippen LogP contribution in [0.1, 0.15) is 32.9 Å². The van der Waals surface area contributed by atoms with E-state index in [0.29, 0.717) is 24.0 Å². The molecule has 0 aromatic carbocycles. The summed E-state index contributed by atoms with van der Waals surface area (Å²) in [6.45, 7) is 7.20. The highest BCUT2D eigenvalue weighted by molar-refractivity contribution is 7.89. The van der Waals surface area contributed by atoms with E-state index < -0.39 is 10.0 Å². The molecule has 1 aromatic rings. The fourth-order valence-electron chi connectivity index (χ4n) is 1.99. The van der Waals surface area contributed by atoms with Gasteiger partial charge in [-0.1, -0.05) is 26.7 Å². The first-order valence-electron chi connectivity index (χ1n) is 7.15. The minimum atomic E-state index is -3.52. The lowest BCUT2D eigenvalue weighted by Gasteiger charge is -2.18. The van der Waals surface area contributed by atoms with Crippen LogP contribution in [0.15, 0.2) is 17.2 Å². The first-order valence-corrected chi connectivity index (χ1v) is 8.59. The summed E-state index contributed by atoms with van der Waals surface area (Å²) in [4.78, 5) is 0.300. The molecule has 0 fully saturated rings. The van der Waals surface area contributed by atoms with Crippen LogP contribution in [0.4, 0.5) is 0 Å². The maximum Gasteiger partial charge on any atom is 0.245 e. The van der Waals surface area contributed by atoms with Gasteiger partial charge in [-0.25, -0.2) is 8.42 Å². The second-order valence-corrected chi connectivity index (χ2v) is 7.29. The number of aryl methyl sites for hydroxylation is 1. The van der Waals surface area contributed by atoms with Crippen LogP contribution in [0, 0.1) is 12.3 Å². The van der Waals surface area contributed by atoms with Crippen LogP contribution < -0.4 is 5.32 Å². The van der Waals surface area contributed by atoms with Gasteiger partial charge in [-0.15, -0.1) is 6.42 Å². The van der Waals surface area contributed by atoms with Crippen molar-refractivity contribution in [3.05, 3.63) is 18.0 Å². The Morgan fingerprint density at radius 3 is 2.67 bits per heavy atom. The Bertz CT molecular complexity index is 597. The molecule has 0 spiro atoms. The molecule has 118 valence electrons. The summed E-state index contributed by atoms with van der Waals surface area (Å²) < 4.78 is 28.4. The number of hydrogen-bond acceptors (Lipinski definition) is 3. The highest BCUT2D eigenvalue weighted by Crippen LogP contribution is 2.18. The Morgan fingerprint density at radius 2 is 2.14 bits per heavy atom. The maximum absolute atomic E-state index is 12.6. The number of nitrogens with zero attached hydrogens (tertiary/aromatic N) is 2. The van der Waals surface area contributed by atoms with Gasteiger partial charge in [-0.05, 0) is 12.5 Å². The molecule has 0 radical (unpaired) electrons. The molecule has 1 rings (SSSR count). The van der Waals surface area contributed by atoms with Crippen LogP contribution in [-0.4, -0.2) is 36.4 Å². The third kappa shape index (κ3) is 4.60. The van der Waals surface area contributed by atoms with Crippen molar-refractivity contribution in [3.8, 4) is 12.3 Å². The van der Waals surface area contributed by atoms with Gasteiger partial charge in [-0.2, -0.15) is 4.31 Å². The van der Waals surface area contributed by atoms with E-state index in [1.54, 1.807) is 12.3 Å². The van der Waals surface area contributed by atoms with Gasteiger partial charge in [0.2, 0.25) is 10.0 Å². The van der Waals surface area contributed by atoms with Gasteiger partial charge in [0, 0.05) is 38.1 Å². The number of sulfonamides is 1. The van der Waals surface area contributed by atoms with Crippen molar-refractivity contribution in [2.45, 2.75) is 44.7 Å². The zero-order valence-corrected chi connectivity index (χ0v) is 14.1. The molecule has 0 aliphatic heterocycles. The number of nitrogens with one attached hydrogen (secondary N) is 1. The summed E-state index contributed by atoms with van der Waals surface area (Å²) in [5.74, 6) is 2.42. The molecule has 0 bridgehead atoms. The summed E-state index contributed by atoms with van der Waals surface area (Å²) in [6.07, 6.45) is 7.66. The zero-order valence-electron chi connectivity index (χ0n) is 13.3. The average molecular weight is 311 g/mol. The highest BCUT2D eigenvalue weighted by Gasteiger charge is 2.25. The van der Waals surface area contributed by atoms with Crippen molar-refractivity contribution < 1.29 is 8.42 Å². The predicted octanol–water partition coefficient (Wildman–Crippen LogP) is 1.56. The van der Waals surface area contributed by atoms with Gasteiger partial charge in [0.25, 0.3) is 0 Å². The van der Waals surface area contributed by atoms with E-state index in [4.69, 9.17) is 6.42 Å². The molecule has 0 saturated carbocycles. The fourth-order valence-corrected chi connectivity index (χ4v) is 3.53. The van der Waals surface area contributed by atoms with Gasteiger partial charge in [0.1, 0.15) is 4.90 Å². The highest BCUT2D eigenvalue weighted by atomic mass is 32.2. The van der Waals surface area contributed by atoms with E-state index in [2.05, 4.69) is 25.1 Å². The topological polar surface area (TPSA) is 54.3 Å². The Morgan fingerprint density at radius 1 is 1.48 bits per heavy atom. The molecule has 0 atom stereocenters. The molecule has 0 aliphatic carbocycles. The number of hydrogen-bond donors (Lipinski definition) is 1. The number of aromatic nitrogens is 1. The van der Waals surface area contributed by atoms with Crippen LogP contribution in [0.3, 0.4) is 0 Å². The van der Waals surface area contributed by atoms with Crippen molar-refractivity contribution in [2.24, 2.45) is 7.05 Å². The monoisotopic (exact) mass is 311 g/mol. The molecule has 1 aromatic heterocycles. The molecule has 1 N–H and O–H groups in total. The van der Waals surface area contributed by atoms with Gasteiger partial charge in [0.15, 0.2) is 0 Å². The molecule has 6 heteroatoms. The molecular formula is C15H25N3O2S. The van der Waals surface area contributed by atoms with E-state index in [0.717, 1.165) is 12.1 Å². The lowest BCUT2D eigenvalue weighted by molar-refractivity contribution is 0.445. The van der Waals surface area contributed by atoms with Crippen molar-refractivity contribution in [1.82, 2.24) is 14.2 Å². The van der Waals surface area contributed by atoms with Gasteiger partial charge in [0.05, 0.1) is 6.54 Å². The molecule has 0 aliphatic rings. The van der Waals surface area contributed by atoms with E-state index >= 15 is 0 Å². The van der Waals surface area contributed by atoms with Crippen molar-refractivity contribution in [3.63, 3.8) is 0 Å².